The summed E-state index contributed by atoms with van der Waals surface area (Å²) in [5.41, 5.74) is 0.0503. The first kappa shape index (κ1) is 19.6. The van der Waals surface area contributed by atoms with Crippen LogP contribution in [-0.2, 0) is 16.4 Å². The van der Waals surface area contributed by atoms with Gasteiger partial charge in [0.05, 0.1) is 35.0 Å². The molecule has 30 heavy (non-hydrogen) atoms. The van der Waals surface area contributed by atoms with Gasteiger partial charge in [0.1, 0.15) is 5.75 Å². The van der Waals surface area contributed by atoms with Crippen LogP contribution in [0.25, 0.3) is 10.8 Å². The number of rotatable bonds is 5. The largest absolute Gasteiger partial charge is 0.497 e. The summed E-state index contributed by atoms with van der Waals surface area (Å²) >= 11 is 0. The minimum Gasteiger partial charge on any atom is -0.497 e. The van der Waals surface area contributed by atoms with Crippen molar-refractivity contribution in [1.82, 2.24) is 14.8 Å². The molecule has 152 valence electrons. The fourth-order valence-electron chi connectivity index (χ4n) is 3.05. The molecule has 0 fully saturated rings. The zero-order valence-electron chi connectivity index (χ0n) is 15.9. The molecule has 0 bridgehead atoms. The van der Waals surface area contributed by atoms with Gasteiger partial charge in [0.15, 0.2) is 0 Å². The van der Waals surface area contributed by atoms with Crippen LogP contribution in [0.3, 0.4) is 0 Å². The number of sulfone groups is 1. The molecule has 0 saturated heterocycles. The Balaban J connectivity index is 1.73. The Morgan fingerprint density at radius 2 is 1.80 bits per heavy atom. The van der Waals surface area contributed by atoms with Crippen molar-refractivity contribution in [2.75, 3.05) is 7.11 Å². The Bertz CT molecular complexity index is 1400. The lowest BCUT2D eigenvalue weighted by Crippen LogP contribution is -2.23. The van der Waals surface area contributed by atoms with E-state index in [0.717, 1.165) is 0 Å². The number of hydrogen-bond acceptors (Lipinski definition) is 7. The molecular formula is C21H17N3O5S. The predicted molar refractivity (Wildman–Crippen MR) is 109 cm³/mol. The van der Waals surface area contributed by atoms with Crippen LogP contribution in [0.5, 0.6) is 11.6 Å². The molecular weight excluding hydrogens is 406 g/mol. The van der Waals surface area contributed by atoms with Crippen molar-refractivity contribution in [1.29, 1.82) is 0 Å². The maximum atomic E-state index is 12.9. The van der Waals surface area contributed by atoms with Gasteiger partial charge in [-0.2, -0.15) is 5.10 Å². The molecule has 0 aliphatic heterocycles. The van der Waals surface area contributed by atoms with Gasteiger partial charge in [0, 0.05) is 17.1 Å². The first-order valence-electron chi connectivity index (χ1n) is 8.92. The molecule has 4 rings (SSSR count). The van der Waals surface area contributed by atoms with E-state index in [2.05, 4.69) is 10.1 Å². The second kappa shape index (κ2) is 7.60. The van der Waals surface area contributed by atoms with E-state index >= 15 is 0 Å². The van der Waals surface area contributed by atoms with Crippen molar-refractivity contribution in [3.8, 4) is 11.6 Å². The van der Waals surface area contributed by atoms with Crippen molar-refractivity contribution in [3.63, 3.8) is 0 Å². The molecule has 4 aromatic rings. The van der Waals surface area contributed by atoms with Gasteiger partial charge in [-0.05, 0) is 48.5 Å². The number of nitrogens with zero attached hydrogens (tertiary/aromatic N) is 3. The minimum atomic E-state index is -3.77. The minimum absolute atomic E-state index is 0.0420. The Morgan fingerprint density at radius 3 is 2.50 bits per heavy atom. The zero-order valence-corrected chi connectivity index (χ0v) is 16.7. The number of aromatic hydroxyl groups is 1. The molecule has 2 heterocycles. The number of benzene rings is 2. The van der Waals surface area contributed by atoms with E-state index in [-0.39, 0.29) is 22.2 Å². The summed E-state index contributed by atoms with van der Waals surface area (Å²) in [6.45, 7) is 0.0420. The molecule has 0 unspecified atom stereocenters. The van der Waals surface area contributed by atoms with Gasteiger partial charge in [0.25, 0.3) is 5.56 Å². The Kier molecular flexibility index (Phi) is 4.96. The number of aromatic nitrogens is 3. The van der Waals surface area contributed by atoms with E-state index < -0.39 is 15.4 Å². The van der Waals surface area contributed by atoms with Crippen LogP contribution < -0.4 is 10.3 Å². The van der Waals surface area contributed by atoms with Crippen LogP contribution in [0.2, 0.25) is 0 Å². The van der Waals surface area contributed by atoms with Gasteiger partial charge in [0.2, 0.25) is 15.7 Å². The highest BCUT2D eigenvalue weighted by Crippen LogP contribution is 2.25. The zero-order chi connectivity index (χ0) is 21.3. The quantitative estimate of drug-likeness (QED) is 0.525. The predicted octanol–water partition coefficient (Wildman–Crippen LogP) is 2.39. The van der Waals surface area contributed by atoms with Gasteiger partial charge in [-0.15, -0.1) is 0 Å². The van der Waals surface area contributed by atoms with Crippen molar-refractivity contribution >= 4 is 20.6 Å². The molecule has 1 N–H and O–H groups in total. The van der Waals surface area contributed by atoms with E-state index in [1.807, 2.05) is 0 Å². The van der Waals surface area contributed by atoms with E-state index in [9.17, 15) is 18.3 Å². The Morgan fingerprint density at radius 1 is 1.07 bits per heavy atom. The van der Waals surface area contributed by atoms with Crippen LogP contribution in [0.15, 0.2) is 81.6 Å². The molecule has 0 spiro atoms. The van der Waals surface area contributed by atoms with Crippen LogP contribution in [-0.4, -0.2) is 35.4 Å². The molecule has 9 heteroatoms. The fraction of sp³-hybridized carbons (Fsp3) is 0.0952. The molecule has 8 nitrogen and oxygen atoms in total. The molecule has 0 aliphatic carbocycles. The molecule has 0 amide bonds. The maximum Gasteiger partial charge on any atom is 0.274 e. The Labute approximate surface area is 171 Å². The summed E-state index contributed by atoms with van der Waals surface area (Å²) in [5, 5.41) is 14.7. The van der Waals surface area contributed by atoms with Crippen molar-refractivity contribution in [3.05, 3.63) is 82.9 Å². The number of fused-ring (bicyclic) bond motifs is 1. The third-order valence-electron chi connectivity index (χ3n) is 4.69. The van der Waals surface area contributed by atoms with Crippen LogP contribution in [0, 0.1) is 0 Å². The van der Waals surface area contributed by atoms with Crippen LogP contribution in [0.4, 0.5) is 0 Å². The molecule has 0 radical (unpaired) electrons. The van der Waals surface area contributed by atoms with Crippen molar-refractivity contribution in [2.45, 2.75) is 16.3 Å². The molecule has 2 aromatic carbocycles. The van der Waals surface area contributed by atoms with E-state index in [1.54, 1.807) is 24.3 Å². The fourth-order valence-corrected chi connectivity index (χ4v) is 4.35. The van der Waals surface area contributed by atoms with Gasteiger partial charge >= 0.3 is 0 Å². The van der Waals surface area contributed by atoms with Crippen molar-refractivity contribution in [2.24, 2.45) is 0 Å². The lowest BCUT2D eigenvalue weighted by Gasteiger charge is -2.09. The summed E-state index contributed by atoms with van der Waals surface area (Å²) < 4.78 is 32.1. The topological polar surface area (TPSA) is 111 Å². The number of methoxy groups -OCH3 is 1. The maximum absolute atomic E-state index is 12.9. The van der Waals surface area contributed by atoms with Gasteiger partial charge < -0.3 is 9.84 Å². The second-order valence-electron chi connectivity index (χ2n) is 6.52. The molecule has 2 aromatic heterocycles. The van der Waals surface area contributed by atoms with Crippen LogP contribution >= 0.6 is 0 Å². The first-order valence-corrected chi connectivity index (χ1v) is 10.4. The normalized spacial score (nSPS) is 11.5. The van der Waals surface area contributed by atoms with Crippen molar-refractivity contribution < 1.29 is 18.3 Å². The summed E-state index contributed by atoms with van der Waals surface area (Å²) in [6.07, 6.45) is 2.87. The summed E-state index contributed by atoms with van der Waals surface area (Å²) in [6, 6.07) is 13.7. The van der Waals surface area contributed by atoms with Gasteiger partial charge in [-0.3, -0.25) is 4.79 Å². The highest BCUT2D eigenvalue weighted by Gasteiger charge is 2.19. The third-order valence-corrected chi connectivity index (χ3v) is 6.46. The molecule has 0 aliphatic rings. The molecule has 0 atom stereocenters. The number of pyridine rings is 1. The monoisotopic (exact) mass is 423 g/mol. The molecule has 0 saturated carbocycles. The van der Waals surface area contributed by atoms with E-state index in [1.165, 1.54) is 54.5 Å². The summed E-state index contributed by atoms with van der Waals surface area (Å²) in [5.74, 6) is 0.379. The number of hydrogen-bond donors (Lipinski definition) is 1. The smallest absolute Gasteiger partial charge is 0.274 e. The van der Waals surface area contributed by atoms with Gasteiger partial charge in [-0.25, -0.2) is 18.1 Å². The lowest BCUT2D eigenvalue weighted by molar-refractivity contribution is 0.414. The summed E-state index contributed by atoms with van der Waals surface area (Å²) in [4.78, 5) is 16.7. The SMILES string of the molecule is COc1ccc(S(=O)(=O)c2ccc3c(=O)n(Cc4cccnc4O)ncc3c2)cc1. The van der Waals surface area contributed by atoms with Gasteiger partial charge in [-0.1, -0.05) is 6.07 Å². The first-order chi connectivity index (χ1) is 14.4. The third kappa shape index (κ3) is 3.50. The standard InChI is InChI=1S/C21H17N3O5S/c1-29-16-4-6-17(7-5-16)30(27,28)18-8-9-19-15(11-18)12-23-24(21(19)26)13-14-3-2-10-22-20(14)25/h2-12H,13H2,1H3,(H,22,25). The number of ether oxygens (including phenoxy) is 1. The average molecular weight is 423 g/mol. The highest BCUT2D eigenvalue weighted by molar-refractivity contribution is 7.91. The second-order valence-corrected chi connectivity index (χ2v) is 8.47. The van der Waals surface area contributed by atoms with E-state index in [0.29, 0.717) is 22.1 Å². The van der Waals surface area contributed by atoms with Crippen LogP contribution in [0.1, 0.15) is 5.56 Å². The van der Waals surface area contributed by atoms with E-state index in [4.69, 9.17) is 4.74 Å². The lowest BCUT2D eigenvalue weighted by atomic mass is 10.2. The Hall–Kier alpha value is -3.72. The summed E-state index contributed by atoms with van der Waals surface area (Å²) in [7, 11) is -2.26. The average Bonchev–Trinajstić information content (AvgIpc) is 2.77. The highest BCUT2D eigenvalue weighted by atomic mass is 32.2.